The molecule has 1 aromatic heterocycles. The lowest BCUT2D eigenvalue weighted by molar-refractivity contribution is -0.138. The van der Waals surface area contributed by atoms with Gasteiger partial charge in [-0.1, -0.05) is 11.3 Å². The van der Waals surface area contributed by atoms with Crippen molar-refractivity contribution in [1.82, 2.24) is 10.2 Å². The third-order valence-electron chi connectivity index (χ3n) is 1.99. The molecule has 0 amide bonds. The number of aromatic nitrogens is 2. The molecule has 0 saturated carbocycles. The molecular weight excluding hydrogens is 253 g/mol. The van der Waals surface area contributed by atoms with E-state index in [-0.39, 0.29) is 17.6 Å². The molecule has 8 heteroatoms. The Morgan fingerprint density at radius 1 is 1.41 bits per heavy atom. The number of rotatable bonds is 4. The van der Waals surface area contributed by atoms with E-state index in [9.17, 15) is 13.2 Å². The van der Waals surface area contributed by atoms with E-state index < -0.39 is 11.2 Å². The summed E-state index contributed by atoms with van der Waals surface area (Å²) in [4.78, 5) is 1.64. The van der Waals surface area contributed by atoms with Gasteiger partial charge in [-0.05, 0) is 13.8 Å². The van der Waals surface area contributed by atoms with Crippen LogP contribution >= 0.6 is 11.3 Å². The van der Waals surface area contributed by atoms with Crippen LogP contribution in [0.1, 0.15) is 25.3 Å². The zero-order valence-corrected chi connectivity index (χ0v) is 10.1. The standard InChI is InChI=1S/C9H11F3N4S/c1-6(2)16(5-3-4-13)8-15-14-7(17-8)9(10,11)12/h6H,3,5H2,1-2H3. The average molecular weight is 264 g/mol. The summed E-state index contributed by atoms with van der Waals surface area (Å²) in [6.45, 7) is 4.00. The van der Waals surface area contributed by atoms with Gasteiger partial charge in [0.05, 0.1) is 12.5 Å². The Labute approximate surface area is 101 Å². The molecule has 0 aliphatic heterocycles. The van der Waals surface area contributed by atoms with Gasteiger partial charge < -0.3 is 4.90 Å². The fourth-order valence-electron chi connectivity index (χ4n) is 1.19. The van der Waals surface area contributed by atoms with Gasteiger partial charge in [-0.3, -0.25) is 0 Å². The molecule has 17 heavy (non-hydrogen) atoms. The first-order valence-corrected chi connectivity index (χ1v) is 5.72. The van der Waals surface area contributed by atoms with Gasteiger partial charge in [-0.15, -0.1) is 10.2 Å². The maximum absolute atomic E-state index is 12.4. The van der Waals surface area contributed by atoms with Crippen molar-refractivity contribution < 1.29 is 13.2 Å². The molecule has 1 rings (SSSR count). The van der Waals surface area contributed by atoms with Crippen LogP contribution in [-0.4, -0.2) is 22.8 Å². The van der Waals surface area contributed by atoms with Gasteiger partial charge in [-0.25, -0.2) is 0 Å². The fraction of sp³-hybridized carbons (Fsp3) is 0.667. The molecule has 0 aliphatic rings. The lowest BCUT2D eigenvalue weighted by atomic mass is 10.3. The monoisotopic (exact) mass is 264 g/mol. The van der Waals surface area contributed by atoms with Crippen molar-refractivity contribution in [2.24, 2.45) is 0 Å². The van der Waals surface area contributed by atoms with Crippen molar-refractivity contribution in [3.05, 3.63) is 5.01 Å². The number of anilines is 1. The van der Waals surface area contributed by atoms with Crippen LogP contribution in [0, 0.1) is 11.3 Å². The number of nitriles is 1. The minimum atomic E-state index is -4.46. The van der Waals surface area contributed by atoms with Gasteiger partial charge in [0.15, 0.2) is 0 Å². The normalized spacial score (nSPS) is 11.6. The average Bonchev–Trinajstić information content (AvgIpc) is 2.66. The molecule has 4 nitrogen and oxygen atoms in total. The summed E-state index contributed by atoms with van der Waals surface area (Å²) in [7, 11) is 0. The van der Waals surface area contributed by atoms with Crippen molar-refractivity contribution in [3.8, 4) is 6.07 Å². The summed E-state index contributed by atoms with van der Waals surface area (Å²) in [5, 5.41) is 14.4. The predicted octanol–water partition coefficient (Wildman–Crippen LogP) is 2.69. The summed E-state index contributed by atoms with van der Waals surface area (Å²) in [5.74, 6) is 0. The molecule has 0 fully saturated rings. The van der Waals surface area contributed by atoms with Crippen LogP contribution in [0.15, 0.2) is 0 Å². The molecule has 0 atom stereocenters. The Morgan fingerprint density at radius 2 is 2.06 bits per heavy atom. The van der Waals surface area contributed by atoms with Crippen molar-refractivity contribution in [1.29, 1.82) is 5.26 Å². The highest BCUT2D eigenvalue weighted by Gasteiger charge is 2.36. The molecule has 0 saturated heterocycles. The molecular formula is C9H11F3N4S. The molecule has 0 spiro atoms. The third-order valence-corrected chi connectivity index (χ3v) is 3.00. The zero-order valence-electron chi connectivity index (χ0n) is 9.32. The number of alkyl halides is 3. The molecule has 1 aromatic rings. The van der Waals surface area contributed by atoms with E-state index in [1.54, 1.807) is 4.90 Å². The Morgan fingerprint density at radius 3 is 2.47 bits per heavy atom. The summed E-state index contributed by atoms with van der Waals surface area (Å²) >= 11 is 0.496. The van der Waals surface area contributed by atoms with Gasteiger partial charge in [0.1, 0.15) is 0 Å². The summed E-state index contributed by atoms with van der Waals surface area (Å²) in [5.41, 5.74) is 0. The van der Waals surface area contributed by atoms with E-state index in [4.69, 9.17) is 5.26 Å². The lowest BCUT2D eigenvalue weighted by Crippen LogP contribution is -2.31. The van der Waals surface area contributed by atoms with Crippen LogP contribution in [0.3, 0.4) is 0 Å². The van der Waals surface area contributed by atoms with Crippen LogP contribution in [0.2, 0.25) is 0 Å². The van der Waals surface area contributed by atoms with Gasteiger partial charge in [0.2, 0.25) is 10.1 Å². The van der Waals surface area contributed by atoms with E-state index in [0.717, 1.165) is 0 Å². The van der Waals surface area contributed by atoms with E-state index in [0.29, 0.717) is 17.9 Å². The highest BCUT2D eigenvalue weighted by molar-refractivity contribution is 7.15. The van der Waals surface area contributed by atoms with Crippen molar-refractivity contribution >= 4 is 16.5 Å². The van der Waals surface area contributed by atoms with Crippen LogP contribution < -0.4 is 4.90 Å². The summed E-state index contributed by atoms with van der Waals surface area (Å²) in [6.07, 6.45) is -4.23. The Bertz CT molecular complexity index is 407. The topological polar surface area (TPSA) is 52.8 Å². The van der Waals surface area contributed by atoms with E-state index >= 15 is 0 Å². The summed E-state index contributed by atoms with van der Waals surface area (Å²) < 4.78 is 37.1. The molecule has 0 unspecified atom stereocenters. The van der Waals surface area contributed by atoms with Gasteiger partial charge in [0.25, 0.3) is 0 Å². The molecule has 0 N–H and O–H groups in total. The van der Waals surface area contributed by atoms with Gasteiger partial charge in [-0.2, -0.15) is 18.4 Å². The Kier molecular flexibility index (Phi) is 4.28. The molecule has 0 bridgehead atoms. The smallest absolute Gasteiger partial charge is 0.343 e. The molecule has 0 radical (unpaired) electrons. The number of nitrogens with zero attached hydrogens (tertiary/aromatic N) is 4. The minimum absolute atomic E-state index is 0.0302. The molecule has 0 aliphatic carbocycles. The molecule has 1 heterocycles. The second-order valence-corrected chi connectivity index (χ2v) is 4.54. The first-order valence-electron chi connectivity index (χ1n) is 4.90. The lowest BCUT2D eigenvalue weighted by Gasteiger charge is -2.24. The predicted molar refractivity (Wildman–Crippen MR) is 57.6 cm³/mol. The maximum Gasteiger partial charge on any atom is 0.445 e. The van der Waals surface area contributed by atoms with Crippen LogP contribution in [-0.2, 0) is 6.18 Å². The second-order valence-electron chi connectivity index (χ2n) is 3.58. The number of hydrogen-bond acceptors (Lipinski definition) is 5. The van der Waals surface area contributed by atoms with Crippen molar-refractivity contribution in [3.63, 3.8) is 0 Å². The molecule has 0 aromatic carbocycles. The third kappa shape index (κ3) is 3.56. The maximum atomic E-state index is 12.4. The van der Waals surface area contributed by atoms with Crippen molar-refractivity contribution in [2.75, 3.05) is 11.4 Å². The second kappa shape index (κ2) is 5.31. The zero-order chi connectivity index (χ0) is 13.1. The molecule has 94 valence electrons. The quantitative estimate of drug-likeness (QED) is 0.839. The highest BCUT2D eigenvalue weighted by Crippen LogP contribution is 2.34. The number of hydrogen-bond donors (Lipinski definition) is 0. The van der Waals surface area contributed by atoms with E-state index in [2.05, 4.69) is 10.2 Å². The van der Waals surface area contributed by atoms with E-state index in [1.807, 2.05) is 19.9 Å². The first kappa shape index (κ1) is 13.7. The van der Waals surface area contributed by atoms with Crippen LogP contribution in [0.4, 0.5) is 18.3 Å². The van der Waals surface area contributed by atoms with Gasteiger partial charge in [0, 0.05) is 12.6 Å². The van der Waals surface area contributed by atoms with Crippen molar-refractivity contribution in [2.45, 2.75) is 32.5 Å². The Hall–Kier alpha value is -1.36. The van der Waals surface area contributed by atoms with E-state index in [1.165, 1.54) is 0 Å². The highest BCUT2D eigenvalue weighted by atomic mass is 32.1. The van der Waals surface area contributed by atoms with Gasteiger partial charge >= 0.3 is 6.18 Å². The first-order chi connectivity index (χ1) is 7.86. The fourth-order valence-corrected chi connectivity index (χ4v) is 2.06. The number of halogens is 3. The Balaban J connectivity index is 2.89. The largest absolute Gasteiger partial charge is 0.445 e. The van der Waals surface area contributed by atoms with Crippen LogP contribution in [0.5, 0.6) is 0 Å². The van der Waals surface area contributed by atoms with Crippen LogP contribution in [0.25, 0.3) is 0 Å². The minimum Gasteiger partial charge on any atom is -0.343 e. The summed E-state index contributed by atoms with van der Waals surface area (Å²) in [6, 6.07) is 1.92. The SMILES string of the molecule is CC(C)N(CCC#N)c1nnc(C(F)(F)F)s1.